The summed E-state index contributed by atoms with van der Waals surface area (Å²) >= 11 is 0. The largest absolute Gasteiger partial charge is 0.338 e. The van der Waals surface area contributed by atoms with Crippen LogP contribution in [-0.2, 0) is 21.2 Å². The maximum absolute atomic E-state index is 13.5. The van der Waals surface area contributed by atoms with Crippen molar-refractivity contribution >= 4 is 15.9 Å². The van der Waals surface area contributed by atoms with Crippen LogP contribution in [0.5, 0.6) is 0 Å². The third-order valence-corrected chi connectivity index (χ3v) is 9.79. The summed E-state index contributed by atoms with van der Waals surface area (Å²) in [5.41, 5.74) is 6.23. The highest BCUT2D eigenvalue weighted by Crippen LogP contribution is 2.37. The molecule has 6 heteroatoms. The molecule has 5 nitrogen and oxygen atoms in total. The first kappa shape index (κ1) is 23.0. The average Bonchev–Trinajstić information content (AvgIpc) is 3.21. The summed E-state index contributed by atoms with van der Waals surface area (Å²) in [6.45, 7) is 8.48. The second-order valence-corrected chi connectivity index (χ2v) is 11.3. The Morgan fingerprint density at radius 1 is 0.969 bits per heavy atom. The van der Waals surface area contributed by atoms with E-state index in [1.807, 2.05) is 51.8 Å². The molecule has 1 fully saturated rings. The van der Waals surface area contributed by atoms with Crippen LogP contribution in [0.1, 0.15) is 58.7 Å². The monoisotopic (exact) mass is 454 g/mol. The van der Waals surface area contributed by atoms with Gasteiger partial charge in [0.05, 0.1) is 10.9 Å². The van der Waals surface area contributed by atoms with Crippen molar-refractivity contribution in [2.45, 2.75) is 64.3 Å². The van der Waals surface area contributed by atoms with Gasteiger partial charge in [0, 0.05) is 26.1 Å². The Balaban J connectivity index is 1.47. The van der Waals surface area contributed by atoms with Crippen LogP contribution in [0.3, 0.4) is 0 Å². The molecule has 2 aliphatic rings. The number of nitrogens with zero attached hydrogens (tertiary/aromatic N) is 2. The van der Waals surface area contributed by atoms with Crippen LogP contribution < -0.4 is 0 Å². The lowest BCUT2D eigenvalue weighted by atomic mass is 9.95. The molecule has 1 atom stereocenters. The van der Waals surface area contributed by atoms with Crippen molar-refractivity contribution < 1.29 is 13.2 Å². The summed E-state index contributed by atoms with van der Waals surface area (Å²) < 4.78 is 28.6. The molecule has 1 heterocycles. The second-order valence-electron chi connectivity index (χ2n) is 9.47. The molecule has 32 heavy (non-hydrogen) atoms. The Morgan fingerprint density at radius 3 is 2.19 bits per heavy atom. The van der Waals surface area contributed by atoms with Gasteiger partial charge in [0.2, 0.25) is 15.9 Å². The van der Waals surface area contributed by atoms with Crippen molar-refractivity contribution in [2.24, 2.45) is 5.92 Å². The summed E-state index contributed by atoms with van der Waals surface area (Å²) in [6.07, 6.45) is 3.10. The fourth-order valence-electron chi connectivity index (χ4n) is 5.42. The molecule has 2 aromatic rings. The number of benzene rings is 2. The highest BCUT2D eigenvalue weighted by molar-refractivity contribution is 7.89. The average molecular weight is 455 g/mol. The molecular weight excluding hydrogens is 420 g/mol. The smallest absolute Gasteiger partial charge is 0.243 e. The summed E-state index contributed by atoms with van der Waals surface area (Å²) in [7, 11) is -1.68. The maximum Gasteiger partial charge on any atom is 0.243 e. The van der Waals surface area contributed by atoms with E-state index in [2.05, 4.69) is 18.2 Å². The molecule has 1 unspecified atom stereocenters. The molecule has 1 aliphatic carbocycles. The molecule has 1 aliphatic heterocycles. The van der Waals surface area contributed by atoms with Crippen molar-refractivity contribution in [2.75, 3.05) is 20.1 Å². The zero-order valence-corrected chi connectivity index (χ0v) is 20.6. The third-order valence-electron chi connectivity index (χ3n) is 7.61. The molecular formula is C26H34N2O3S. The Hall–Kier alpha value is -2.18. The van der Waals surface area contributed by atoms with Crippen LogP contribution in [0.4, 0.5) is 0 Å². The maximum atomic E-state index is 13.5. The molecule has 1 amide bonds. The second kappa shape index (κ2) is 8.64. The molecule has 172 valence electrons. The van der Waals surface area contributed by atoms with E-state index < -0.39 is 10.0 Å². The minimum Gasteiger partial charge on any atom is -0.338 e. The van der Waals surface area contributed by atoms with E-state index in [0.717, 1.165) is 35.1 Å². The first-order valence-electron chi connectivity index (χ1n) is 11.5. The summed E-state index contributed by atoms with van der Waals surface area (Å²) in [5.74, 6) is 0.0168. The first-order valence-corrected chi connectivity index (χ1v) is 13.0. The van der Waals surface area contributed by atoms with Gasteiger partial charge in [-0.1, -0.05) is 30.3 Å². The van der Waals surface area contributed by atoms with Gasteiger partial charge in [0.1, 0.15) is 0 Å². The SMILES string of the molecule is Cc1cc(C)c(C)c(S(=O)(=O)N2CCC(C(=O)N(C)C3CCc4ccccc43)CC2)c1C. The number of hydrogen-bond acceptors (Lipinski definition) is 3. The molecule has 0 N–H and O–H groups in total. The van der Waals surface area contributed by atoms with Crippen LogP contribution in [0.15, 0.2) is 35.2 Å². The number of amides is 1. The van der Waals surface area contributed by atoms with Crippen LogP contribution in [0, 0.1) is 33.6 Å². The van der Waals surface area contributed by atoms with Crippen molar-refractivity contribution in [3.63, 3.8) is 0 Å². The van der Waals surface area contributed by atoms with E-state index in [4.69, 9.17) is 0 Å². The van der Waals surface area contributed by atoms with E-state index >= 15 is 0 Å². The summed E-state index contributed by atoms with van der Waals surface area (Å²) in [6, 6.07) is 10.5. The Labute approximate surface area is 192 Å². The van der Waals surface area contributed by atoms with E-state index in [0.29, 0.717) is 30.8 Å². The third kappa shape index (κ3) is 3.88. The van der Waals surface area contributed by atoms with Gasteiger partial charge >= 0.3 is 0 Å². The Bertz CT molecular complexity index is 1120. The van der Waals surface area contributed by atoms with Crippen molar-refractivity contribution in [1.29, 1.82) is 0 Å². The molecule has 4 rings (SSSR count). The minimum atomic E-state index is -3.58. The lowest BCUT2D eigenvalue weighted by Gasteiger charge is -2.35. The zero-order chi connectivity index (χ0) is 23.2. The normalized spacial score (nSPS) is 19.7. The standard InChI is InChI=1S/C26H34N2O3S/c1-17-16-18(2)20(4)25(19(17)3)32(30,31)28-14-12-22(13-15-28)26(29)27(5)24-11-10-21-8-6-7-9-23(21)24/h6-9,16,22,24H,10-15H2,1-5H3. The number of rotatable bonds is 4. The number of aryl methyl sites for hydroxylation is 3. The van der Waals surface area contributed by atoms with E-state index in [1.54, 1.807) is 4.31 Å². The lowest BCUT2D eigenvalue weighted by Crippen LogP contribution is -2.44. The molecule has 0 saturated carbocycles. The number of carbonyl (C=O) groups excluding carboxylic acids is 1. The van der Waals surface area contributed by atoms with Gasteiger partial charge < -0.3 is 4.90 Å². The van der Waals surface area contributed by atoms with E-state index in [9.17, 15) is 13.2 Å². The lowest BCUT2D eigenvalue weighted by molar-refractivity contribution is -0.137. The van der Waals surface area contributed by atoms with Gasteiger partial charge in [-0.25, -0.2) is 8.42 Å². The number of piperidine rings is 1. The fourth-order valence-corrected chi connectivity index (χ4v) is 7.46. The molecule has 0 spiro atoms. The van der Waals surface area contributed by atoms with Gasteiger partial charge in [-0.15, -0.1) is 0 Å². The number of sulfonamides is 1. The summed E-state index contributed by atoms with van der Waals surface area (Å²) in [5, 5.41) is 0. The number of carbonyl (C=O) groups is 1. The molecule has 0 aromatic heterocycles. The van der Waals surface area contributed by atoms with Crippen LogP contribution in [0.2, 0.25) is 0 Å². The highest BCUT2D eigenvalue weighted by Gasteiger charge is 2.37. The van der Waals surface area contributed by atoms with Gasteiger partial charge in [-0.3, -0.25) is 4.79 Å². The summed E-state index contributed by atoms with van der Waals surface area (Å²) in [4.78, 5) is 15.6. The predicted octanol–water partition coefficient (Wildman–Crippen LogP) is 4.47. The fraction of sp³-hybridized carbons (Fsp3) is 0.500. The zero-order valence-electron chi connectivity index (χ0n) is 19.8. The highest BCUT2D eigenvalue weighted by atomic mass is 32.2. The van der Waals surface area contributed by atoms with Crippen LogP contribution in [-0.4, -0.2) is 43.7 Å². The molecule has 0 radical (unpaired) electrons. The van der Waals surface area contributed by atoms with Gasteiger partial charge in [0.25, 0.3) is 0 Å². The number of fused-ring (bicyclic) bond motifs is 1. The first-order chi connectivity index (χ1) is 15.1. The molecule has 1 saturated heterocycles. The predicted molar refractivity (Wildman–Crippen MR) is 127 cm³/mol. The van der Waals surface area contributed by atoms with E-state index in [-0.39, 0.29) is 17.9 Å². The quantitative estimate of drug-likeness (QED) is 0.685. The van der Waals surface area contributed by atoms with Crippen molar-refractivity contribution in [3.8, 4) is 0 Å². The van der Waals surface area contributed by atoms with E-state index in [1.165, 1.54) is 11.1 Å². The van der Waals surface area contributed by atoms with Crippen molar-refractivity contribution in [3.05, 3.63) is 63.7 Å². The molecule has 2 aromatic carbocycles. The van der Waals surface area contributed by atoms with Crippen LogP contribution >= 0.6 is 0 Å². The van der Waals surface area contributed by atoms with Gasteiger partial charge in [-0.2, -0.15) is 4.31 Å². The number of hydrogen-bond donors (Lipinski definition) is 0. The van der Waals surface area contributed by atoms with Gasteiger partial charge in [0.15, 0.2) is 0 Å². The van der Waals surface area contributed by atoms with Crippen LogP contribution in [0.25, 0.3) is 0 Å². The topological polar surface area (TPSA) is 57.7 Å². The molecule has 0 bridgehead atoms. The minimum absolute atomic E-state index is 0.124. The van der Waals surface area contributed by atoms with Gasteiger partial charge in [-0.05, 0) is 86.8 Å². The Morgan fingerprint density at radius 2 is 1.56 bits per heavy atom. The van der Waals surface area contributed by atoms with Crippen molar-refractivity contribution in [1.82, 2.24) is 9.21 Å². The Kier molecular flexibility index (Phi) is 6.21.